The molecule has 7 nitrogen and oxygen atoms in total. The van der Waals surface area contributed by atoms with Crippen molar-refractivity contribution in [1.29, 1.82) is 0 Å². The summed E-state index contributed by atoms with van der Waals surface area (Å²) in [5.74, 6) is -4.36. The van der Waals surface area contributed by atoms with Crippen LogP contribution >= 0.6 is 0 Å². The van der Waals surface area contributed by atoms with E-state index in [2.05, 4.69) is 60.7 Å². The Morgan fingerprint density at radius 1 is 0.230 bits per heavy atom. The summed E-state index contributed by atoms with van der Waals surface area (Å²) in [5.41, 5.74) is 9.42. The molecule has 2 heterocycles. The lowest BCUT2D eigenvalue weighted by atomic mass is 9.82. The van der Waals surface area contributed by atoms with Crippen LogP contribution in [0.15, 0.2) is 173 Å². The number of hydrogen-bond donors (Lipinski definition) is 5. The van der Waals surface area contributed by atoms with Crippen LogP contribution in [0.5, 0.6) is 28.7 Å². The number of aromatic hydroxyl groups is 5. The molecule has 2 aromatic heterocycles. The number of para-hydroxylation sites is 2. The van der Waals surface area contributed by atoms with Crippen LogP contribution in [-0.4, -0.2) is 25.5 Å². The molecule has 0 radical (unpaired) electrons. The van der Waals surface area contributed by atoms with Crippen LogP contribution in [0.1, 0.15) is 0 Å². The van der Waals surface area contributed by atoms with Gasteiger partial charge in [0.25, 0.3) is 0 Å². The highest BCUT2D eigenvalue weighted by atomic mass is 16.4. The number of furan rings is 2. The predicted molar refractivity (Wildman–Crippen MR) is 244 cm³/mol. The average Bonchev–Trinajstić information content (AvgIpc) is 3.88. The van der Waals surface area contributed by atoms with Crippen molar-refractivity contribution in [2.24, 2.45) is 0 Å². The second-order valence-corrected chi connectivity index (χ2v) is 15.4. The Balaban J connectivity index is 1.19. The first-order valence-electron chi connectivity index (χ1n) is 19.9. The van der Waals surface area contributed by atoms with Gasteiger partial charge in [0, 0.05) is 32.7 Å². The van der Waals surface area contributed by atoms with Gasteiger partial charge in [-0.05, 0) is 90.5 Å². The number of phenolic OH excluding ortho intramolecular Hbond substituents is 5. The van der Waals surface area contributed by atoms with Crippen molar-refractivity contribution in [2.45, 2.75) is 0 Å². The quantitative estimate of drug-likeness (QED) is 0.0682. The van der Waals surface area contributed by atoms with Crippen LogP contribution in [0, 0.1) is 0 Å². The van der Waals surface area contributed by atoms with E-state index in [-0.39, 0.29) is 5.56 Å². The minimum Gasteiger partial charge on any atom is -0.504 e. The predicted octanol–water partition coefficient (Wildman–Crippen LogP) is 14.1. The second-order valence-electron chi connectivity index (χ2n) is 15.4. The van der Waals surface area contributed by atoms with Crippen LogP contribution in [0.25, 0.3) is 121 Å². The summed E-state index contributed by atoms with van der Waals surface area (Å²) in [4.78, 5) is 0. The molecule has 0 amide bonds. The van der Waals surface area contributed by atoms with Gasteiger partial charge in [0.2, 0.25) is 17.2 Å². The van der Waals surface area contributed by atoms with Crippen molar-refractivity contribution >= 4 is 76.2 Å². The standard InChI is InChI=1S/C54H32O7/c55-50-49(51(56)53(58)54(59)52(50)57)47-33-16-5-3-14-30(33)44(31-15-4-6-17-34(31)47)35-24-25-36(29-13-2-1-12-28(29)35)46-37(26-27-43-48(46)39-19-8-10-22-41(39)61-43)32-20-11-23-42-45(32)38-18-7-9-21-40(38)60-42/h1-27,55-59H. The largest absolute Gasteiger partial charge is 0.504 e. The van der Waals surface area contributed by atoms with Crippen molar-refractivity contribution in [2.75, 3.05) is 0 Å². The summed E-state index contributed by atoms with van der Waals surface area (Å²) in [5, 5.41) is 63.2. The van der Waals surface area contributed by atoms with Gasteiger partial charge in [-0.15, -0.1) is 0 Å². The Bertz CT molecular complexity index is 3750. The molecular weight excluding hydrogens is 761 g/mol. The molecule has 0 aliphatic carbocycles. The van der Waals surface area contributed by atoms with Gasteiger partial charge >= 0.3 is 0 Å². The first-order valence-corrected chi connectivity index (χ1v) is 19.9. The molecule has 0 unspecified atom stereocenters. The van der Waals surface area contributed by atoms with E-state index < -0.39 is 28.7 Å². The first kappa shape index (κ1) is 34.6. The summed E-state index contributed by atoms with van der Waals surface area (Å²) >= 11 is 0. The highest BCUT2D eigenvalue weighted by Crippen LogP contribution is 2.58. The number of rotatable bonds is 4. The molecule has 0 fully saturated rings. The third-order valence-corrected chi connectivity index (χ3v) is 12.3. The zero-order valence-corrected chi connectivity index (χ0v) is 32.1. The SMILES string of the molecule is Oc1c(O)c(O)c(-c2c3ccccc3c(-c3ccc(-c4c(-c5cccc6oc7ccccc7c56)ccc5oc6ccccc6c45)c4ccccc34)c3ccccc23)c(O)c1O. The molecular formula is C54H32O7. The van der Waals surface area contributed by atoms with Gasteiger partial charge in [0.1, 0.15) is 22.3 Å². The molecule has 7 heteroatoms. The molecule has 0 aliphatic heterocycles. The molecule has 5 N–H and O–H groups in total. The minimum absolute atomic E-state index is 0.194. The van der Waals surface area contributed by atoms with Crippen LogP contribution in [-0.2, 0) is 0 Å². The third-order valence-electron chi connectivity index (χ3n) is 12.3. The summed E-state index contributed by atoms with van der Waals surface area (Å²) in [6.45, 7) is 0. The maximum Gasteiger partial charge on any atom is 0.208 e. The molecule has 290 valence electrons. The van der Waals surface area contributed by atoms with E-state index >= 15 is 0 Å². The van der Waals surface area contributed by atoms with Gasteiger partial charge in [-0.2, -0.15) is 0 Å². The van der Waals surface area contributed by atoms with Crippen molar-refractivity contribution in [3.8, 4) is 73.3 Å². The Kier molecular flexibility index (Phi) is 7.25. The van der Waals surface area contributed by atoms with Gasteiger partial charge in [-0.1, -0.05) is 133 Å². The summed E-state index contributed by atoms with van der Waals surface area (Å²) in [6.07, 6.45) is 0. The smallest absolute Gasteiger partial charge is 0.208 e. The van der Waals surface area contributed by atoms with Crippen molar-refractivity contribution in [1.82, 2.24) is 0 Å². The van der Waals surface area contributed by atoms with Crippen LogP contribution < -0.4 is 0 Å². The molecule has 0 spiro atoms. The van der Waals surface area contributed by atoms with Crippen molar-refractivity contribution in [3.05, 3.63) is 164 Å². The van der Waals surface area contributed by atoms with Crippen LogP contribution in [0.3, 0.4) is 0 Å². The maximum atomic E-state index is 11.3. The Morgan fingerprint density at radius 3 is 1.18 bits per heavy atom. The molecule has 61 heavy (non-hydrogen) atoms. The average molecular weight is 793 g/mol. The number of hydrogen-bond acceptors (Lipinski definition) is 7. The first-order chi connectivity index (χ1) is 29.9. The monoisotopic (exact) mass is 792 g/mol. The normalized spacial score (nSPS) is 11.9. The van der Waals surface area contributed by atoms with Gasteiger partial charge < -0.3 is 34.4 Å². The number of benzene rings is 10. The van der Waals surface area contributed by atoms with E-state index in [4.69, 9.17) is 8.83 Å². The van der Waals surface area contributed by atoms with E-state index in [0.717, 1.165) is 98.8 Å². The second kappa shape index (κ2) is 12.8. The fraction of sp³-hybridized carbons (Fsp3) is 0. The van der Waals surface area contributed by atoms with Gasteiger partial charge in [-0.3, -0.25) is 0 Å². The summed E-state index contributed by atoms with van der Waals surface area (Å²) in [6, 6.07) is 54.8. The topological polar surface area (TPSA) is 127 Å². The van der Waals surface area contributed by atoms with E-state index in [0.29, 0.717) is 16.3 Å². The Labute approximate surface area is 346 Å². The lowest BCUT2D eigenvalue weighted by molar-refractivity contribution is 0.330. The Morgan fingerprint density at radius 2 is 0.623 bits per heavy atom. The summed E-state index contributed by atoms with van der Waals surface area (Å²) < 4.78 is 12.9. The molecule has 0 atom stereocenters. The zero-order valence-electron chi connectivity index (χ0n) is 32.1. The maximum absolute atomic E-state index is 11.3. The molecule has 10 aromatic carbocycles. The number of fused-ring (bicyclic) bond motifs is 9. The summed E-state index contributed by atoms with van der Waals surface area (Å²) in [7, 11) is 0. The van der Waals surface area contributed by atoms with Gasteiger partial charge in [-0.25, -0.2) is 0 Å². The minimum atomic E-state index is -1.01. The van der Waals surface area contributed by atoms with Gasteiger partial charge in [0.05, 0.1) is 5.56 Å². The molecule has 0 bridgehead atoms. The van der Waals surface area contributed by atoms with Crippen molar-refractivity contribution in [3.63, 3.8) is 0 Å². The zero-order chi connectivity index (χ0) is 41.1. The fourth-order valence-corrected chi connectivity index (χ4v) is 9.67. The molecule has 0 saturated carbocycles. The van der Waals surface area contributed by atoms with Crippen molar-refractivity contribution < 1.29 is 34.4 Å². The van der Waals surface area contributed by atoms with Gasteiger partial charge in [0.15, 0.2) is 11.5 Å². The highest BCUT2D eigenvalue weighted by molar-refractivity contribution is 6.27. The Hall–Kier alpha value is -8.42. The van der Waals surface area contributed by atoms with E-state index in [9.17, 15) is 25.5 Å². The molecule has 12 rings (SSSR count). The highest BCUT2D eigenvalue weighted by Gasteiger charge is 2.29. The third kappa shape index (κ3) is 4.80. The van der Waals surface area contributed by atoms with E-state index in [1.807, 2.05) is 103 Å². The molecule has 0 aliphatic rings. The van der Waals surface area contributed by atoms with Crippen LogP contribution in [0.2, 0.25) is 0 Å². The van der Waals surface area contributed by atoms with E-state index in [1.165, 1.54) is 0 Å². The van der Waals surface area contributed by atoms with Crippen LogP contribution in [0.4, 0.5) is 0 Å². The fourth-order valence-electron chi connectivity index (χ4n) is 9.67. The van der Waals surface area contributed by atoms with E-state index in [1.54, 1.807) is 0 Å². The molecule has 0 saturated heterocycles. The molecule has 12 aromatic rings. The number of phenols is 5. The lowest BCUT2D eigenvalue weighted by Gasteiger charge is -2.21. The lowest BCUT2D eigenvalue weighted by Crippen LogP contribution is -1.94.